The number of hydrogen-bond acceptors (Lipinski definition) is 5. The largest absolute Gasteiger partial charge is 0.377 e. The zero-order valence-corrected chi connectivity index (χ0v) is 18.1. The Morgan fingerprint density at radius 3 is 2.69 bits per heavy atom. The molecule has 0 N–H and O–H groups in total. The van der Waals surface area contributed by atoms with Gasteiger partial charge in [0.1, 0.15) is 12.2 Å². The molecule has 0 aromatic heterocycles. The minimum atomic E-state index is -0.716. The molecule has 1 aliphatic heterocycles. The van der Waals surface area contributed by atoms with Crippen molar-refractivity contribution < 1.29 is 23.7 Å². The summed E-state index contributed by atoms with van der Waals surface area (Å²) in [6.07, 6.45) is 10.5. The Morgan fingerprint density at radius 2 is 1.97 bits per heavy atom. The molecule has 5 rings (SSSR count). The van der Waals surface area contributed by atoms with E-state index in [4.69, 9.17) is 18.9 Å². The first-order valence-electron chi connectivity index (χ1n) is 11.3. The summed E-state index contributed by atoms with van der Waals surface area (Å²) in [5.74, 6) is 0.794. The predicted octanol–water partition coefficient (Wildman–Crippen LogP) is 3.97. The molecule has 0 amide bonds. The van der Waals surface area contributed by atoms with Crippen LogP contribution in [0.15, 0.2) is 22.8 Å². The fraction of sp³-hybridized carbons (Fsp3) is 0.792. The fourth-order valence-electron chi connectivity index (χ4n) is 7.45. The van der Waals surface area contributed by atoms with Crippen LogP contribution in [0.4, 0.5) is 0 Å². The number of allylic oxidation sites excluding steroid dienone is 3. The molecule has 5 nitrogen and oxygen atoms in total. The number of methoxy groups -OCH3 is 2. The topological polar surface area (TPSA) is 54.0 Å². The third kappa shape index (κ3) is 2.70. The van der Waals surface area contributed by atoms with Crippen molar-refractivity contribution in [2.75, 3.05) is 34.0 Å². The van der Waals surface area contributed by atoms with Crippen LogP contribution >= 0.6 is 0 Å². The first-order chi connectivity index (χ1) is 14.0. The maximum absolute atomic E-state index is 13.1. The van der Waals surface area contributed by atoms with Gasteiger partial charge in [0.2, 0.25) is 0 Å². The number of carbonyl (C=O) groups excluding carboxylic acids is 1. The van der Waals surface area contributed by atoms with Crippen molar-refractivity contribution in [2.24, 2.45) is 17.3 Å². The van der Waals surface area contributed by atoms with Gasteiger partial charge in [0, 0.05) is 32.5 Å². The number of ether oxygens (including phenoxy) is 4. The highest BCUT2D eigenvalue weighted by Crippen LogP contribution is 2.64. The highest BCUT2D eigenvalue weighted by molar-refractivity contribution is 5.90. The second-order valence-electron chi connectivity index (χ2n) is 9.83. The molecule has 1 spiro atoms. The molecule has 4 atom stereocenters. The molecule has 1 heterocycles. The zero-order chi connectivity index (χ0) is 20.3. The Morgan fingerprint density at radius 1 is 1.17 bits per heavy atom. The molecule has 29 heavy (non-hydrogen) atoms. The monoisotopic (exact) mass is 402 g/mol. The van der Waals surface area contributed by atoms with E-state index in [1.54, 1.807) is 30.9 Å². The number of hydrogen-bond donors (Lipinski definition) is 0. The van der Waals surface area contributed by atoms with Crippen molar-refractivity contribution in [3.63, 3.8) is 0 Å². The van der Waals surface area contributed by atoms with Crippen molar-refractivity contribution in [3.8, 4) is 0 Å². The molecule has 5 heteroatoms. The van der Waals surface area contributed by atoms with E-state index in [2.05, 4.69) is 13.0 Å². The van der Waals surface area contributed by atoms with E-state index < -0.39 is 5.60 Å². The van der Waals surface area contributed by atoms with Crippen LogP contribution in [0, 0.1) is 17.3 Å². The third-order valence-electron chi connectivity index (χ3n) is 8.84. The summed E-state index contributed by atoms with van der Waals surface area (Å²) < 4.78 is 23.2. The molecule has 1 saturated heterocycles. The van der Waals surface area contributed by atoms with Crippen LogP contribution < -0.4 is 0 Å². The Labute approximate surface area is 173 Å². The standard InChI is InChI=1S/C24H34O5/c1-22-9-6-18-17-7-10-23(28-12-13-29-23)14-16(17)4-5-19(18)20(22)8-11-24(22,27-3)21(25)15-26-2/h6,19-20H,4-5,7-15H2,1-3H3/t19-,20+,22+,24+/m1/s1. The van der Waals surface area contributed by atoms with E-state index in [1.807, 2.05) is 0 Å². The summed E-state index contributed by atoms with van der Waals surface area (Å²) in [6.45, 7) is 3.87. The Bertz CT molecular complexity index is 761. The van der Waals surface area contributed by atoms with Crippen molar-refractivity contribution in [3.05, 3.63) is 22.8 Å². The number of ketones is 1. The molecule has 0 bridgehead atoms. The van der Waals surface area contributed by atoms with Gasteiger partial charge in [-0.1, -0.05) is 18.6 Å². The van der Waals surface area contributed by atoms with Crippen molar-refractivity contribution in [1.29, 1.82) is 0 Å². The molecular weight excluding hydrogens is 368 g/mol. The normalized spacial score (nSPS) is 40.4. The lowest BCUT2D eigenvalue weighted by molar-refractivity contribution is -0.166. The highest BCUT2D eigenvalue weighted by Gasteiger charge is 2.64. The maximum atomic E-state index is 13.1. The first-order valence-corrected chi connectivity index (χ1v) is 11.3. The summed E-state index contributed by atoms with van der Waals surface area (Å²) in [4.78, 5) is 13.1. The first kappa shape index (κ1) is 19.9. The molecule has 0 radical (unpaired) electrons. The SMILES string of the molecule is COCC(=O)[C@@]1(OC)CC[C@H]2[C@@H]3CCC4=C(CCC5(C4)OCCO5)C3=CC[C@@]21C. The zero-order valence-electron chi connectivity index (χ0n) is 18.1. The number of Topliss-reactive ketones (excluding diaryl/α,β-unsaturated/α-hetero) is 1. The van der Waals surface area contributed by atoms with E-state index in [0.717, 1.165) is 58.2 Å². The van der Waals surface area contributed by atoms with Crippen molar-refractivity contribution in [2.45, 2.75) is 69.7 Å². The van der Waals surface area contributed by atoms with E-state index >= 15 is 0 Å². The summed E-state index contributed by atoms with van der Waals surface area (Å²) in [6, 6.07) is 0. The van der Waals surface area contributed by atoms with Crippen LogP contribution in [0.5, 0.6) is 0 Å². The molecule has 0 unspecified atom stereocenters. The Hall–Kier alpha value is -1.01. The molecule has 4 aliphatic carbocycles. The second kappa shape index (κ2) is 7.01. The molecule has 160 valence electrons. The minimum Gasteiger partial charge on any atom is -0.377 e. The van der Waals surface area contributed by atoms with Gasteiger partial charge in [0.25, 0.3) is 0 Å². The van der Waals surface area contributed by atoms with Crippen LogP contribution in [-0.4, -0.2) is 51.2 Å². The lowest BCUT2D eigenvalue weighted by Crippen LogP contribution is -2.56. The summed E-state index contributed by atoms with van der Waals surface area (Å²) in [5, 5.41) is 0. The maximum Gasteiger partial charge on any atom is 0.190 e. The van der Waals surface area contributed by atoms with Crippen LogP contribution in [0.2, 0.25) is 0 Å². The van der Waals surface area contributed by atoms with Gasteiger partial charge in [-0.05, 0) is 61.5 Å². The van der Waals surface area contributed by atoms with Gasteiger partial charge in [-0.2, -0.15) is 0 Å². The van der Waals surface area contributed by atoms with Gasteiger partial charge in [0.15, 0.2) is 11.6 Å². The number of fused-ring (bicyclic) bond motifs is 4. The predicted molar refractivity (Wildman–Crippen MR) is 108 cm³/mol. The number of rotatable bonds is 4. The lowest BCUT2D eigenvalue weighted by Gasteiger charge is -2.51. The van der Waals surface area contributed by atoms with E-state index in [-0.39, 0.29) is 23.6 Å². The summed E-state index contributed by atoms with van der Waals surface area (Å²) in [5.41, 5.74) is 3.82. The van der Waals surface area contributed by atoms with Gasteiger partial charge < -0.3 is 18.9 Å². The van der Waals surface area contributed by atoms with Gasteiger partial charge >= 0.3 is 0 Å². The molecule has 0 aromatic carbocycles. The molecule has 0 aromatic rings. The quantitative estimate of drug-likeness (QED) is 0.712. The van der Waals surface area contributed by atoms with Crippen molar-refractivity contribution >= 4 is 5.78 Å². The second-order valence-corrected chi connectivity index (χ2v) is 9.83. The molecule has 1 saturated carbocycles. The van der Waals surface area contributed by atoms with Gasteiger partial charge in [-0.25, -0.2) is 0 Å². The molecule has 5 aliphatic rings. The smallest absolute Gasteiger partial charge is 0.190 e. The van der Waals surface area contributed by atoms with Gasteiger partial charge in [-0.15, -0.1) is 0 Å². The van der Waals surface area contributed by atoms with Crippen LogP contribution in [0.3, 0.4) is 0 Å². The fourth-order valence-corrected chi connectivity index (χ4v) is 7.45. The summed E-state index contributed by atoms with van der Waals surface area (Å²) in [7, 11) is 3.31. The van der Waals surface area contributed by atoms with Gasteiger partial charge in [0.05, 0.1) is 13.2 Å². The average Bonchev–Trinajstić information content (AvgIpc) is 3.30. The van der Waals surface area contributed by atoms with Gasteiger partial charge in [-0.3, -0.25) is 4.79 Å². The molecule has 2 fully saturated rings. The third-order valence-corrected chi connectivity index (χ3v) is 8.84. The van der Waals surface area contributed by atoms with Crippen LogP contribution in [0.25, 0.3) is 0 Å². The van der Waals surface area contributed by atoms with E-state index in [1.165, 1.54) is 6.42 Å². The van der Waals surface area contributed by atoms with Crippen LogP contribution in [-0.2, 0) is 23.7 Å². The number of carbonyl (C=O) groups is 1. The summed E-state index contributed by atoms with van der Waals surface area (Å²) >= 11 is 0. The highest BCUT2D eigenvalue weighted by atomic mass is 16.7. The van der Waals surface area contributed by atoms with Crippen molar-refractivity contribution in [1.82, 2.24) is 0 Å². The Kier molecular flexibility index (Phi) is 4.82. The lowest BCUT2D eigenvalue weighted by atomic mass is 9.55. The average molecular weight is 403 g/mol. The van der Waals surface area contributed by atoms with E-state index in [9.17, 15) is 4.79 Å². The Balaban J connectivity index is 1.47. The minimum absolute atomic E-state index is 0.107. The van der Waals surface area contributed by atoms with Crippen LogP contribution in [0.1, 0.15) is 58.3 Å². The van der Waals surface area contributed by atoms with E-state index in [0.29, 0.717) is 11.8 Å². The molecular formula is C24H34O5.